The van der Waals surface area contributed by atoms with Crippen molar-refractivity contribution in [3.05, 3.63) is 29.3 Å². The summed E-state index contributed by atoms with van der Waals surface area (Å²) in [4.78, 5) is 3.91. The molecule has 1 aromatic carbocycles. The van der Waals surface area contributed by atoms with Crippen LogP contribution in [-0.4, -0.2) is 12.8 Å². The molecule has 0 radical (unpaired) electrons. The number of hydrogen-bond donors (Lipinski definition) is 1. The molecule has 0 saturated carbocycles. The zero-order valence-electron chi connectivity index (χ0n) is 7.51. The van der Waals surface area contributed by atoms with Gasteiger partial charge in [0.1, 0.15) is 18.8 Å². The number of hydrogen-bond acceptors (Lipinski definition) is 2. The smallest absolute Gasteiger partial charge is 0.143 e. The molecular formula is C9H7BClFN2. The lowest BCUT2D eigenvalue weighted by molar-refractivity contribution is 0.642. The van der Waals surface area contributed by atoms with Crippen LogP contribution in [0.4, 0.5) is 10.1 Å². The van der Waals surface area contributed by atoms with Crippen molar-refractivity contribution in [1.82, 2.24) is 4.98 Å². The van der Waals surface area contributed by atoms with Crippen LogP contribution in [0.25, 0.3) is 10.8 Å². The Morgan fingerprint density at radius 2 is 2.14 bits per heavy atom. The Morgan fingerprint density at radius 3 is 2.86 bits per heavy atom. The summed E-state index contributed by atoms with van der Waals surface area (Å²) in [6.45, 7) is 0. The summed E-state index contributed by atoms with van der Waals surface area (Å²) in [5, 5.41) is 1.64. The van der Waals surface area contributed by atoms with Crippen molar-refractivity contribution in [2.75, 3.05) is 5.73 Å². The molecule has 0 aliphatic heterocycles. The van der Waals surface area contributed by atoms with Gasteiger partial charge >= 0.3 is 0 Å². The van der Waals surface area contributed by atoms with E-state index in [1.165, 1.54) is 6.20 Å². The minimum absolute atomic E-state index is 0.129. The van der Waals surface area contributed by atoms with Gasteiger partial charge in [0.05, 0.1) is 5.69 Å². The van der Waals surface area contributed by atoms with Crippen LogP contribution in [-0.2, 0) is 0 Å². The molecule has 0 unspecified atom stereocenters. The van der Waals surface area contributed by atoms with E-state index in [9.17, 15) is 4.39 Å². The molecular weight excluding hydrogens is 201 g/mol. The Balaban J connectivity index is 2.98. The molecule has 0 saturated heterocycles. The molecule has 0 fully saturated rings. The quantitative estimate of drug-likeness (QED) is 0.396. The standard InChI is InChI=1S/C9H7BClFN2/c10-6-3-5-4(8(13)7(6)12)1-2-14-9(5)11/h1-3H,10,13H2. The van der Waals surface area contributed by atoms with Gasteiger partial charge in [-0.15, -0.1) is 0 Å². The van der Waals surface area contributed by atoms with Crippen LogP contribution >= 0.6 is 11.6 Å². The Morgan fingerprint density at radius 1 is 1.43 bits per heavy atom. The van der Waals surface area contributed by atoms with Gasteiger partial charge in [0.15, 0.2) is 0 Å². The highest BCUT2D eigenvalue weighted by atomic mass is 35.5. The normalized spacial score (nSPS) is 10.7. The summed E-state index contributed by atoms with van der Waals surface area (Å²) in [7, 11) is 1.65. The van der Waals surface area contributed by atoms with Crippen molar-refractivity contribution >= 4 is 41.4 Å². The molecule has 2 N–H and O–H groups in total. The van der Waals surface area contributed by atoms with Crippen LogP contribution in [0, 0.1) is 5.82 Å². The lowest BCUT2D eigenvalue weighted by Crippen LogP contribution is -2.11. The number of benzene rings is 1. The minimum Gasteiger partial charge on any atom is -0.396 e. The summed E-state index contributed by atoms with van der Waals surface area (Å²) in [5.74, 6) is -0.389. The number of anilines is 1. The number of rotatable bonds is 0. The van der Waals surface area contributed by atoms with Crippen molar-refractivity contribution in [2.45, 2.75) is 0 Å². The number of nitrogens with zero attached hydrogens (tertiary/aromatic N) is 1. The monoisotopic (exact) mass is 208 g/mol. The van der Waals surface area contributed by atoms with Crippen LogP contribution < -0.4 is 11.2 Å². The van der Waals surface area contributed by atoms with Crippen LogP contribution in [0.15, 0.2) is 18.3 Å². The maximum absolute atomic E-state index is 13.4. The molecule has 0 bridgehead atoms. The van der Waals surface area contributed by atoms with Gasteiger partial charge < -0.3 is 5.73 Å². The van der Waals surface area contributed by atoms with Crippen molar-refractivity contribution < 1.29 is 4.39 Å². The third kappa shape index (κ3) is 1.23. The van der Waals surface area contributed by atoms with Crippen LogP contribution in [0.5, 0.6) is 0 Å². The molecule has 70 valence electrons. The van der Waals surface area contributed by atoms with E-state index in [-0.39, 0.29) is 11.5 Å². The maximum Gasteiger partial charge on any atom is 0.143 e. The molecule has 0 aliphatic carbocycles. The van der Waals surface area contributed by atoms with Gasteiger partial charge in [-0.05, 0) is 6.07 Å². The first-order valence-electron chi connectivity index (χ1n) is 4.10. The molecule has 2 nitrogen and oxygen atoms in total. The zero-order chi connectivity index (χ0) is 10.3. The van der Waals surface area contributed by atoms with E-state index >= 15 is 0 Å². The van der Waals surface area contributed by atoms with Gasteiger partial charge in [-0.2, -0.15) is 0 Å². The summed E-state index contributed by atoms with van der Waals surface area (Å²) in [5.41, 5.74) is 6.23. The number of nitrogen functional groups attached to an aromatic ring is 1. The van der Waals surface area contributed by atoms with Gasteiger partial charge in [0.2, 0.25) is 0 Å². The second-order valence-corrected chi connectivity index (χ2v) is 3.48. The largest absolute Gasteiger partial charge is 0.396 e. The lowest BCUT2D eigenvalue weighted by Gasteiger charge is -2.06. The Kier molecular flexibility index (Phi) is 2.08. The zero-order valence-corrected chi connectivity index (χ0v) is 8.27. The van der Waals surface area contributed by atoms with E-state index in [1.807, 2.05) is 0 Å². The number of halogens is 2. The van der Waals surface area contributed by atoms with Crippen LogP contribution in [0.1, 0.15) is 0 Å². The van der Waals surface area contributed by atoms with Gasteiger partial charge in [0.25, 0.3) is 0 Å². The van der Waals surface area contributed by atoms with Crippen LogP contribution in [0.3, 0.4) is 0 Å². The first-order chi connectivity index (χ1) is 6.61. The molecule has 0 aliphatic rings. The highest BCUT2D eigenvalue weighted by molar-refractivity contribution is 6.38. The fraction of sp³-hybridized carbons (Fsp3) is 0. The fourth-order valence-electron chi connectivity index (χ4n) is 1.43. The Labute approximate surface area is 86.3 Å². The van der Waals surface area contributed by atoms with Gasteiger partial charge in [-0.1, -0.05) is 23.1 Å². The Hall–Kier alpha value is -1.29. The minimum atomic E-state index is -0.389. The Bertz CT molecular complexity index is 516. The van der Waals surface area contributed by atoms with Crippen molar-refractivity contribution in [3.8, 4) is 0 Å². The number of fused-ring (bicyclic) bond motifs is 1. The van der Waals surface area contributed by atoms with E-state index in [4.69, 9.17) is 17.3 Å². The maximum atomic E-state index is 13.4. The molecule has 5 heteroatoms. The van der Waals surface area contributed by atoms with Crippen LogP contribution in [0.2, 0.25) is 5.15 Å². The van der Waals surface area contributed by atoms with Gasteiger partial charge in [0, 0.05) is 17.0 Å². The number of aromatic nitrogens is 1. The highest BCUT2D eigenvalue weighted by Crippen LogP contribution is 2.26. The SMILES string of the molecule is Bc1cc2c(Cl)nccc2c(N)c1F. The van der Waals surface area contributed by atoms with E-state index in [1.54, 1.807) is 20.0 Å². The fourth-order valence-corrected chi connectivity index (χ4v) is 1.64. The topological polar surface area (TPSA) is 38.9 Å². The third-order valence-corrected chi connectivity index (χ3v) is 2.48. The molecule has 14 heavy (non-hydrogen) atoms. The predicted octanol–water partition coefficient (Wildman–Crippen LogP) is 0.868. The molecule has 0 atom stereocenters. The second-order valence-electron chi connectivity index (χ2n) is 3.12. The lowest BCUT2D eigenvalue weighted by atomic mass is 9.92. The van der Waals surface area contributed by atoms with Crippen molar-refractivity contribution in [2.24, 2.45) is 0 Å². The van der Waals surface area contributed by atoms with E-state index in [0.29, 0.717) is 21.4 Å². The van der Waals surface area contributed by atoms with Crippen molar-refractivity contribution in [1.29, 1.82) is 0 Å². The highest BCUT2D eigenvalue weighted by Gasteiger charge is 2.09. The summed E-state index contributed by atoms with van der Waals surface area (Å²) < 4.78 is 13.4. The molecule has 2 rings (SSSR count). The van der Waals surface area contributed by atoms with E-state index in [0.717, 1.165) is 0 Å². The molecule has 0 amide bonds. The van der Waals surface area contributed by atoms with Gasteiger partial charge in [-0.3, -0.25) is 0 Å². The van der Waals surface area contributed by atoms with E-state index < -0.39 is 0 Å². The first-order valence-corrected chi connectivity index (χ1v) is 4.48. The number of pyridine rings is 1. The molecule has 1 heterocycles. The molecule has 1 aromatic heterocycles. The van der Waals surface area contributed by atoms with Gasteiger partial charge in [-0.25, -0.2) is 9.37 Å². The second kappa shape index (κ2) is 3.13. The third-order valence-electron chi connectivity index (χ3n) is 2.18. The molecule has 0 spiro atoms. The summed E-state index contributed by atoms with van der Waals surface area (Å²) in [6.07, 6.45) is 1.51. The number of nitrogens with two attached hydrogens (primary N) is 1. The summed E-state index contributed by atoms with van der Waals surface area (Å²) in [6, 6.07) is 3.30. The van der Waals surface area contributed by atoms with E-state index in [2.05, 4.69) is 4.98 Å². The average molecular weight is 208 g/mol. The average Bonchev–Trinajstić information content (AvgIpc) is 2.17. The summed E-state index contributed by atoms with van der Waals surface area (Å²) >= 11 is 5.86. The van der Waals surface area contributed by atoms with Crippen molar-refractivity contribution in [3.63, 3.8) is 0 Å². The molecule has 2 aromatic rings. The first kappa shape index (κ1) is 9.28. The predicted molar refractivity (Wildman–Crippen MR) is 59.3 cm³/mol.